The van der Waals surface area contributed by atoms with E-state index in [0.717, 1.165) is 5.56 Å². The second-order valence-electron chi connectivity index (χ2n) is 6.58. The summed E-state index contributed by atoms with van der Waals surface area (Å²) in [7, 11) is -5.51. The molecule has 0 aliphatic carbocycles. The van der Waals surface area contributed by atoms with Gasteiger partial charge in [0.15, 0.2) is 0 Å². The van der Waals surface area contributed by atoms with E-state index in [4.69, 9.17) is 4.52 Å². The molecule has 0 spiro atoms. The summed E-state index contributed by atoms with van der Waals surface area (Å²) in [5, 5.41) is 22.8. The van der Waals surface area contributed by atoms with Crippen LogP contribution in [0.1, 0.15) is 22.6 Å². The zero-order valence-electron chi connectivity index (χ0n) is 15.8. The minimum atomic E-state index is -3.84. The van der Waals surface area contributed by atoms with Crippen molar-refractivity contribution in [1.82, 2.24) is 9.88 Å². The van der Waals surface area contributed by atoms with E-state index in [0.29, 0.717) is 28.1 Å². The van der Waals surface area contributed by atoms with Gasteiger partial charge in [-0.3, -0.25) is 0 Å². The highest BCUT2D eigenvalue weighted by atomic mass is 32.2. The molecule has 1 aromatic heterocycles. The molecule has 0 unspecified atom stereocenters. The first kappa shape index (κ1) is 20.3. The number of aryl methyl sites for hydroxylation is 3. The maximum Gasteiger partial charge on any atom is 0.488 e. The monoisotopic (exact) mass is 400 g/mol. The van der Waals surface area contributed by atoms with Crippen LogP contribution < -0.4 is 10.2 Å². The first-order valence-electron chi connectivity index (χ1n) is 8.68. The van der Waals surface area contributed by atoms with Gasteiger partial charge in [-0.15, -0.1) is 0 Å². The van der Waals surface area contributed by atoms with Crippen molar-refractivity contribution in [1.29, 1.82) is 0 Å². The average molecular weight is 400 g/mol. The molecule has 0 aliphatic rings. The predicted molar refractivity (Wildman–Crippen MR) is 106 cm³/mol. The summed E-state index contributed by atoms with van der Waals surface area (Å²) in [4.78, 5) is 0.145. The van der Waals surface area contributed by atoms with Crippen LogP contribution in [-0.4, -0.2) is 30.7 Å². The smallest absolute Gasteiger partial charge is 0.423 e. The van der Waals surface area contributed by atoms with E-state index in [1.165, 1.54) is 6.07 Å². The Hall–Kier alpha value is -2.46. The first-order valence-corrected chi connectivity index (χ1v) is 10.2. The minimum absolute atomic E-state index is 0.0644. The van der Waals surface area contributed by atoms with E-state index in [-0.39, 0.29) is 16.9 Å². The summed E-state index contributed by atoms with van der Waals surface area (Å²) in [5.74, 6) is 0.614. The van der Waals surface area contributed by atoms with Crippen LogP contribution in [0.15, 0.2) is 51.9 Å². The van der Waals surface area contributed by atoms with E-state index in [1.807, 2.05) is 6.07 Å². The van der Waals surface area contributed by atoms with Gasteiger partial charge in [0, 0.05) is 12.1 Å². The molecule has 146 valence electrons. The fourth-order valence-corrected chi connectivity index (χ4v) is 4.41. The second kappa shape index (κ2) is 7.88. The van der Waals surface area contributed by atoms with Gasteiger partial charge in [0.1, 0.15) is 5.76 Å². The lowest BCUT2D eigenvalue weighted by Gasteiger charge is -2.13. The second-order valence-corrected chi connectivity index (χ2v) is 8.31. The van der Waals surface area contributed by atoms with E-state index >= 15 is 0 Å². The number of nitrogens with zero attached hydrogens (tertiary/aromatic N) is 1. The molecule has 3 rings (SSSR count). The van der Waals surface area contributed by atoms with E-state index in [2.05, 4.69) is 9.88 Å². The van der Waals surface area contributed by atoms with Crippen LogP contribution >= 0.6 is 0 Å². The van der Waals surface area contributed by atoms with Crippen LogP contribution in [0.3, 0.4) is 0 Å². The molecule has 3 aromatic rings. The fourth-order valence-electron chi connectivity index (χ4n) is 3.14. The molecule has 0 fully saturated rings. The lowest BCUT2D eigenvalue weighted by Crippen LogP contribution is -2.35. The molecule has 0 atom stereocenters. The molecule has 0 aliphatic heterocycles. The van der Waals surface area contributed by atoms with Crippen molar-refractivity contribution in [2.75, 3.05) is 0 Å². The summed E-state index contributed by atoms with van der Waals surface area (Å²) in [6, 6.07) is 11.7. The Balaban J connectivity index is 1.93. The Morgan fingerprint density at radius 1 is 1.11 bits per heavy atom. The molecule has 1 heterocycles. The molecular weight excluding hydrogens is 379 g/mol. The van der Waals surface area contributed by atoms with Crippen molar-refractivity contribution in [3.63, 3.8) is 0 Å². The SMILES string of the molecule is Cc1ccc(-c2c(C)noc2C)cc1S(=O)(=O)NCc1ccccc1B(O)O. The quantitative estimate of drug-likeness (QED) is 0.540. The summed E-state index contributed by atoms with van der Waals surface area (Å²) in [6.07, 6.45) is 0. The third kappa shape index (κ3) is 4.02. The number of hydrogen-bond acceptors (Lipinski definition) is 6. The summed E-state index contributed by atoms with van der Waals surface area (Å²) >= 11 is 0. The minimum Gasteiger partial charge on any atom is -0.423 e. The van der Waals surface area contributed by atoms with Gasteiger partial charge >= 0.3 is 7.12 Å². The molecule has 7 nitrogen and oxygen atoms in total. The zero-order chi connectivity index (χ0) is 20.5. The molecule has 2 aromatic carbocycles. The Kier molecular flexibility index (Phi) is 5.71. The highest BCUT2D eigenvalue weighted by Crippen LogP contribution is 2.30. The van der Waals surface area contributed by atoms with Gasteiger partial charge in [0.25, 0.3) is 0 Å². The fraction of sp³-hybridized carbons (Fsp3) is 0.211. The summed E-state index contributed by atoms with van der Waals surface area (Å²) in [6.45, 7) is 5.23. The molecule has 28 heavy (non-hydrogen) atoms. The van der Waals surface area contributed by atoms with Crippen LogP contribution in [0.4, 0.5) is 0 Å². The molecule has 0 amide bonds. The Labute approximate surface area is 164 Å². The van der Waals surface area contributed by atoms with Crippen molar-refractivity contribution < 1.29 is 23.0 Å². The molecule has 0 saturated heterocycles. The third-order valence-electron chi connectivity index (χ3n) is 4.59. The van der Waals surface area contributed by atoms with Crippen LogP contribution in [0.5, 0.6) is 0 Å². The van der Waals surface area contributed by atoms with Crippen LogP contribution in [0, 0.1) is 20.8 Å². The Morgan fingerprint density at radius 2 is 1.82 bits per heavy atom. The Morgan fingerprint density at radius 3 is 2.46 bits per heavy atom. The van der Waals surface area contributed by atoms with Gasteiger partial charge in [0.2, 0.25) is 10.0 Å². The van der Waals surface area contributed by atoms with Crippen molar-refractivity contribution >= 4 is 22.6 Å². The van der Waals surface area contributed by atoms with Gasteiger partial charge in [-0.25, -0.2) is 13.1 Å². The summed E-state index contributed by atoms with van der Waals surface area (Å²) in [5.41, 5.74) is 3.49. The van der Waals surface area contributed by atoms with E-state index in [9.17, 15) is 18.5 Å². The normalized spacial score (nSPS) is 11.6. The van der Waals surface area contributed by atoms with Crippen LogP contribution in [-0.2, 0) is 16.6 Å². The molecule has 0 radical (unpaired) electrons. The van der Waals surface area contributed by atoms with Gasteiger partial charge in [-0.2, -0.15) is 0 Å². The molecular formula is C19H21BN2O5S. The Bertz CT molecular complexity index is 1090. The van der Waals surface area contributed by atoms with Crippen molar-refractivity contribution in [3.8, 4) is 11.1 Å². The topological polar surface area (TPSA) is 113 Å². The predicted octanol–water partition coefficient (Wildman–Crippen LogP) is 1.43. The molecule has 0 bridgehead atoms. The zero-order valence-corrected chi connectivity index (χ0v) is 16.6. The lowest BCUT2D eigenvalue weighted by atomic mass is 9.77. The average Bonchev–Trinajstić information content (AvgIpc) is 2.99. The van der Waals surface area contributed by atoms with Crippen molar-refractivity contribution in [2.45, 2.75) is 32.2 Å². The molecule has 0 saturated carbocycles. The van der Waals surface area contributed by atoms with Crippen LogP contribution in [0.2, 0.25) is 0 Å². The van der Waals surface area contributed by atoms with Gasteiger partial charge < -0.3 is 14.6 Å². The van der Waals surface area contributed by atoms with Gasteiger partial charge in [-0.1, -0.05) is 41.6 Å². The lowest BCUT2D eigenvalue weighted by molar-refractivity contribution is 0.393. The number of benzene rings is 2. The molecule has 9 heteroatoms. The largest absolute Gasteiger partial charge is 0.488 e. The van der Waals surface area contributed by atoms with E-state index in [1.54, 1.807) is 51.1 Å². The summed E-state index contributed by atoms with van der Waals surface area (Å²) < 4.78 is 33.6. The van der Waals surface area contributed by atoms with Gasteiger partial charge in [-0.05, 0) is 49.0 Å². The first-order chi connectivity index (χ1) is 13.2. The number of rotatable bonds is 6. The maximum atomic E-state index is 12.9. The molecule has 3 N–H and O–H groups in total. The standard InChI is InChI=1S/C19H21BN2O5S/c1-12-8-9-15(19-13(2)22-27-14(19)3)10-18(12)28(25,26)21-11-16-6-4-5-7-17(16)20(23)24/h4-10,21,23-24H,11H2,1-3H3. The number of nitrogens with one attached hydrogen (secondary N) is 1. The van der Waals surface area contributed by atoms with E-state index < -0.39 is 17.1 Å². The third-order valence-corrected chi connectivity index (χ3v) is 6.13. The number of hydrogen-bond donors (Lipinski definition) is 3. The van der Waals surface area contributed by atoms with Crippen LogP contribution in [0.25, 0.3) is 11.1 Å². The maximum absolute atomic E-state index is 12.9. The number of sulfonamides is 1. The highest BCUT2D eigenvalue weighted by molar-refractivity contribution is 7.89. The van der Waals surface area contributed by atoms with Crippen molar-refractivity contribution in [3.05, 3.63) is 65.0 Å². The van der Waals surface area contributed by atoms with Gasteiger partial charge in [0.05, 0.1) is 10.6 Å². The highest BCUT2D eigenvalue weighted by Gasteiger charge is 2.21. The number of aromatic nitrogens is 1. The van der Waals surface area contributed by atoms with Crippen molar-refractivity contribution in [2.24, 2.45) is 0 Å².